The van der Waals surface area contributed by atoms with Crippen LogP contribution in [0.15, 0.2) is 18.2 Å². The van der Waals surface area contributed by atoms with Gasteiger partial charge in [0.25, 0.3) is 0 Å². The summed E-state index contributed by atoms with van der Waals surface area (Å²) in [6.07, 6.45) is 6.03. The quantitative estimate of drug-likeness (QED) is 0.633. The highest BCUT2D eigenvalue weighted by Gasteiger charge is 2.40. The zero-order valence-corrected chi connectivity index (χ0v) is 12.2. The Balaban J connectivity index is 2.40. The lowest BCUT2D eigenvalue weighted by Gasteiger charge is -2.37. The summed E-state index contributed by atoms with van der Waals surface area (Å²) >= 11 is 12.4. The van der Waals surface area contributed by atoms with Gasteiger partial charge in [0, 0.05) is 10.0 Å². The molecule has 100 valence electrons. The number of hydrogen-bond donors (Lipinski definition) is 2. The van der Waals surface area contributed by atoms with Crippen LogP contribution in [0.1, 0.15) is 50.6 Å². The second-order valence-electron chi connectivity index (χ2n) is 5.19. The van der Waals surface area contributed by atoms with Crippen molar-refractivity contribution in [1.82, 2.24) is 5.43 Å². The van der Waals surface area contributed by atoms with E-state index in [2.05, 4.69) is 12.3 Å². The van der Waals surface area contributed by atoms with Crippen LogP contribution < -0.4 is 11.3 Å². The van der Waals surface area contributed by atoms with Gasteiger partial charge in [0.15, 0.2) is 0 Å². The molecule has 1 saturated carbocycles. The molecule has 1 aliphatic rings. The van der Waals surface area contributed by atoms with Gasteiger partial charge in [-0.1, -0.05) is 43.0 Å². The summed E-state index contributed by atoms with van der Waals surface area (Å²) in [5.41, 5.74) is 4.21. The van der Waals surface area contributed by atoms with E-state index in [1.165, 1.54) is 25.7 Å². The van der Waals surface area contributed by atoms with Crippen LogP contribution in [0.2, 0.25) is 10.0 Å². The SMILES string of the molecule is CCC1(C(NN)c2cc(Cl)ccc2Cl)CCCC1. The van der Waals surface area contributed by atoms with E-state index in [1.807, 2.05) is 18.2 Å². The van der Waals surface area contributed by atoms with Crippen LogP contribution in [0.5, 0.6) is 0 Å². The summed E-state index contributed by atoms with van der Waals surface area (Å²) in [5, 5.41) is 1.45. The number of hydrazine groups is 1. The Morgan fingerprint density at radius 2 is 2.00 bits per heavy atom. The molecule has 1 fully saturated rings. The van der Waals surface area contributed by atoms with Gasteiger partial charge in [0.2, 0.25) is 0 Å². The average molecular weight is 287 g/mol. The molecule has 3 N–H and O–H groups in total. The summed E-state index contributed by atoms with van der Waals surface area (Å²) in [7, 11) is 0. The van der Waals surface area contributed by atoms with Crippen molar-refractivity contribution in [2.75, 3.05) is 0 Å². The van der Waals surface area contributed by atoms with Gasteiger partial charge in [-0.05, 0) is 48.4 Å². The van der Waals surface area contributed by atoms with Gasteiger partial charge in [-0.25, -0.2) is 0 Å². The van der Waals surface area contributed by atoms with Crippen molar-refractivity contribution in [2.45, 2.75) is 45.1 Å². The summed E-state index contributed by atoms with van der Waals surface area (Å²) in [5.74, 6) is 5.81. The number of hydrogen-bond acceptors (Lipinski definition) is 2. The summed E-state index contributed by atoms with van der Waals surface area (Å²) in [4.78, 5) is 0. The van der Waals surface area contributed by atoms with Gasteiger partial charge in [0.1, 0.15) is 0 Å². The number of nitrogens with two attached hydrogens (primary N) is 1. The van der Waals surface area contributed by atoms with E-state index in [9.17, 15) is 0 Å². The molecule has 0 aromatic heterocycles. The maximum absolute atomic E-state index is 6.31. The van der Waals surface area contributed by atoms with Gasteiger partial charge >= 0.3 is 0 Å². The Labute approximate surface area is 119 Å². The van der Waals surface area contributed by atoms with Crippen molar-refractivity contribution in [2.24, 2.45) is 11.3 Å². The fourth-order valence-corrected chi connectivity index (χ4v) is 3.66. The Morgan fingerprint density at radius 1 is 1.33 bits per heavy atom. The van der Waals surface area contributed by atoms with Crippen molar-refractivity contribution in [3.05, 3.63) is 33.8 Å². The molecule has 2 rings (SSSR count). The summed E-state index contributed by atoms with van der Waals surface area (Å²) < 4.78 is 0. The smallest absolute Gasteiger partial charge is 0.0531 e. The number of halogens is 2. The van der Waals surface area contributed by atoms with E-state index in [-0.39, 0.29) is 11.5 Å². The predicted octanol–water partition coefficient (Wildman–Crippen LogP) is 4.47. The topological polar surface area (TPSA) is 38.0 Å². The second-order valence-corrected chi connectivity index (χ2v) is 6.03. The van der Waals surface area contributed by atoms with Crippen LogP contribution in [0.3, 0.4) is 0 Å². The molecule has 1 atom stereocenters. The highest BCUT2D eigenvalue weighted by atomic mass is 35.5. The van der Waals surface area contributed by atoms with Gasteiger partial charge in [0.05, 0.1) is 6.04 Å². The van der Waals surface area contributed by atoms with Crippen LogP contribution in [0.25, 0.3) is 0 Å². The Bertz CT molecular complexity index is 414. The zero-order valence-electron chi connectivity index (χ0n) is 10.7. The van der Waals surface area contributed by atoms with Crippen molar-refractivity contribution < 1.29 is 0 Å². The fraction of sp³-hybridized carbons (Fsp3) is 0.571. The Hall–Kier alpha value is -0.280. The number of rotatable bonds is 4. The largest absolute Gasteiger partial charge is 0.271 e. The normalized spacial score (nSPS) is 20.0. The van der Waals surface area contributed by atoms with E-state index in [4.69, 9.17) is 29.0 Å². The highest BCUT2D eigenvalue weighted by Crippen LogP contribution is 2.51. The summed E-state index contributed by atoms with van der Waals surface area (Å²) in [6, 6.07) is 5.68. The lowest BCUT2D eigenvalue weighted by molar-refractivity contribution is 0.188. The van der Waals surface area contributed by atoms with E-state index in [0.29, 0.717) is 5.02 Å². The lowest BCUT2D eigenvalue weighted by Crippen LogP contribution is -2.40. The van der Waals surface area contributed by atoms with E-state index < -0.39 is 0 Å². The minimum absolute atomic E-state index is 0.0798. The molecule has 0 amide bonds. The second kappa shape index (κ2) is 5.79. The Morgan fingerprint density at radius 3 is 2.56 bits per heavy atom. The molecule has 1 aliphatic carbocycles. The first-order valence-electron chi connectivity index (χ1n) is 6.54. The molecule has 0 aliphatic heterocycles. The minimum atomic E-state index is 0.0798. The third-order valence-electron chi connectivity index (χ3n) is 4.35. The molecular weight excluding hydrogens is 267 g/mol. The van der Waals surface area contributed by atoms with Crippen molar-refractivity contribution >= 4 is 23.2 Å². The maximum Gasteiger partial charge on any atom is 0.0531 e. The van der Waals surface area contributed by atoms with Crippen molar-refractivity contribution in [3.63, 3.8) is 0 Å². The third kappa shape index (κ3) is 2.53. The van der Waals surface area contributed by atoms with Gasteiger partial charge in [-0.3, -0.25) is 11.3 Å². The lowest BCUT2D eigenvalue weighted by atomic mass is 9.73. The molecule has 1 aromatic carbocycles. The molecule has 1 aromatic rings. The minimum Gasteiger partial charge on any atom is -0.271 e. The van der Waals surface area contributed by atoms with Gasteiger partial charge in [-0.2, -0.15) is 0 Å². The summed E-state index contributed by atoms with van der Waals surface area (Å²) in [6.45, 7) is 2.23. The van der Waals surface area contributed by atoms with Crippen molar-refractivity contribution in [1.29, 1.82) is 0 Å². The van der Waals surface area contributed by atoms with E-state index in [1.54, 1.807) is 0 Å². The predicted molar refractivity (Wildman–Crippen MR) is 77.7 cm³/mol. The number of benzene rings is 1. The molecule has 1 unspecified atom stereocenters. The van der Waals surface area contributed by atoms with E-state index in [0.717, 1.165) is 17.0 Å². The average Bonchev–Trinajstić information content (AvgIpc) is 2.84. The Kier molecular flexibility index (Phi) is 4.54. The van der Waals surface area contributed by atoms with Crippen LogP contribution >= 0.6 is 23.2 Å². The van der Waals surface area contributed by atoms with Crippen LogP contribution in [-0.2, 0) is 0 Å². The molecule has 0 heterocycles. The van der Waals surface area contributed by atoms with Gasteiger partial charge < -0.3 is 0 Å². The first-order valence-corrected chi connectivity index (χ1v) is 7.29. The molecule has 0 spiro atoms. The number of nitrogens with one attached hydrogen (secondary N) is 1. The van der Waals surface area contributed by atoms with Crippen LogP contribution in [-0.4, -0.2) is 0 Å². The monoisotopic (exact) mass is 286 g/mol. The van der Waals surface area contributed by atoms with Gasteiger partial charge in [-0.15, -0.1) is 0 Å². The molecule has 18 heavy (non-hydrogen) atoms. The first kappa shape index (κ1) is 14.1. The zero-order chi connectivity index (χ0) is 13.2. The maximum atomic E-state index is 6.31. The molecule has 2 nitrogen and oxygen atoms in total. The molecule has 4 heteroatoms. The van der Waals surface area contributed by atoms with Crippen LogP contribution in [0.4, 0.5) is 0 Å². The standard InChI is InChI=1S/C14H20Cl2N2/c1-2-14(7-3-4-8-14)13(18-17)11-9-10(15)5-6-12(11)16/h5-6,9,13,18H,2-4,7-8,17H2,1H3. The highest BCUT2D eigenvalue weighted by molar-refractivity contribution is 6.33. The van der Waals surface area contributed by atoms with E-state index >= 15 is 0 Å². The first-order chi connectivity index (χ1) is 8.63. The van der Waals surface area contributed by atoms with Crippen molar-refractivity contribution in [3.8, 4) is 0 Å². The molecule has 0 radical (unpaired) electrons. The third-order valence-corrected chi connectivity index (χ3v) is 4.93. The fourth-order valence-electron chi connectivity index (χ4n) is 3.26. The molecule has 0 bridgehead atoms. The van der Waals surface area contributed by atoms with Crippen LogP contribution in [0, 0.1) is 5.41 Å². The molecular formula is C14H20Cl2N2. The molecule has 0 saturated heterocycles.